The van der Waals surface area contributed by atoms with Crippen molar-refractivity contribution in [1.29, 1.82) is 0 Å². The molecule has 0 N–H and O–H groups in total. The molecule has 4 nitrogen and oxygen atoms in total. The first kappa shape index (κ1) is 15.1. The molecule has 3 rings (SSSR count). The quantitative estimate of drug-likeness (QED) is 0.580. The fraction of sp³-hybridized carbons (Fsp3) is 0.812. The Balaban J connectivity index is 1.66. The van der Waals surface area contributed by atoms with Crippen LogP contribution in [0.5, 0.6) is 0 Å². The molecular weight excluding hydrogens is 267 g/mol. The lowest BCUT2D eigenvalue weighted by Gasteiger charge is -2.32. The van der Waals surface area contributed by atoms with Gasteiger partial charge in [-0.15, -0.1) is 0 Å². The van der Waals surface area contributed by atoms with E-state index >= 15 is 0 Å². The highest BCUT2D eigenvalue weighted by Crippen LogP contribution is 2.61. The number of esters is 1. The van der Waals surface area contributed by atoms with Crippen LogP contribution in [0.25, 0.3) is 0 Å². The Labute approximate surface area is 127 Å². The van der Waals surface area contributed by atoms with Crippen LogP contribution in [0.1, 0.15) is 53.4 Å². The first-order valence-corrected chi connectivity index (χ1v) is 7.83. The highest BCUT2D eigenvalue weighted by atomic mass is 16.7. The SMILES string of the molecule is COC(=O)C1CC12CC=C(B1OC(C)(C)C(C)(C)O1)CC2. The van der Waals surface area contributed by atoms with Gasteiger partial charge in [0.05, 0.1) is 24.2 Å². The third-order valence-corrected chi connectivity index (χ3v) is 5.91. The lowest BCUT2D eigenvalue weighted by molar-refractivity contribution is -0.143. The molecule has 21 heavy (non-hydrogen) atoms. The van der Waals surface area contributed by atoms with Crippen molar-refractivity contribution in [2.45, 2.75) is 64.6 Å². The topological polar surface area (TPSA) is 44.8 Å². The predicted octanol–water partition coefficient (Wildman–Crippen LogP) is 2.91. The van der Waals surface area contributed by atoms with Crippen LogP contribution in [0.4, 0.5) is 0 Å². The second-order valence-corrected chi connectivity index (χ2v) is 7.71. The number of carbonyl (C=O) groups is 1. The van der Waals surface area contributed by atoms with Gasteiger partial charge in [0.1, 0.15) is 0 Å². The van der Waals surface area contributed by atoms with Gasteiger partial charge in [-0.2, -0.15) is 0 Å². The third kappa shape index (κ3) is 2.35. The van der Waals surface area contributed by atoms with Crippen molar-refractivity contribution in [2.75, 3.05) is 7.11 Å². The summed E-state index contributed by atoms with van der Waals surface area (Å²) >= 11 is 0. The van der Waals surface area contributed by atoms with E-state index in [4.69, 9.17) is 14.0 Å². The van der Waals surface area contributed by atoms with Gasteiger partial charge in [0, 0.05) is 0 Å². The molecule has 5 heteroatoms. The van der Waals surface area contributed by atoms with Gasteiger partial charge in [-0.1, -0.05) is 6.08 Å². The molecule has 0 amide bonds. The number of hydrogen-bond donors (Lipinski definition) is 0. The van der Waals surface area contributed by atoms with Crippen molar-refractivity contribution in [3.63, 3.8) is 0 Å². The number of carbonyl (C=O) groups excluding carboxylic acids is 1. The summed E-state index contributed by atoms with van der Waals surface area (Å²) in [5.74, 6) is 0.0427. The van der Waals surface area contributed by atoms with E-state index < -0.39 is 0 Å². The molecule has 0 bridgehead atoms. The maximum Gasteiger partial charge on any atom is 0.490 e. The smallest absolute Gasteiger partial charge is 0.469 e. The van der Waals surface area contributed by atoms with Crippen molar-refractivity contribution in [3.8, 4) is 0 Å². The first-order valence-electron chi connectivity index (χ1n) is 7.83. The molecule has 1 spiro atoms. The highest BCUT2D eigenvalue weighted by molar-refractivity contribution is 6.54. The van der Waals surface area contributed by atoms with Gasteiger partial charge >= 0.3 is 13.1 Å². The van der Waals surface area contributed by atoms with Crippen LogP contribution in [0.15, 0.2) is 11.5 Å². The molecule has 2 atom stereocenters. The Morgan fingerprint density at radius 2 is 1.90 bits per heavy atom. The third-order valence-electron chi connectivity index (χ3n) is 5.91. The summed E-state index contributed by atoms with van der Waals surface area (Å²) in [5.41, 5.74) is 0.804. The Kier molecular flexibility index (Phi) is 3.30. The molecule has 0 radical (unpaired) electrons. The maximum atomic E-state index is 11.7. The van der Waals surface area contributed by atoms with Gasteiger partial charge in [0.15, 0.2) is 0 Å². The van der Waals surface area contributed by atoms with Gasteiger partial charge in [0.25, 0.3) is 0 Å². The summed E-state index contributed by atoms with van der Waals surface area (Å²) in [7, 11) is 1.24. The fourth-order valence-corrected chi connectivity index (χ4v) is 3.47. The van der Waals surface area contributed by atoms with E-state index in [1.165, 1.54) is 12.6 Å². The molecule has 1 saturated carbocycles. The average molecular weight is 292 g/mol. The number of rotatable bonds is 2. The maximum absolute atomic E-state index is 11.7. The van der Waals surface area contributed by atoms with Crippen LogP contribution in [-0.2, 0) is 18.8 Å². The normalized spacial score (nSPS) is 36.5. The van der Waals surface area contributed by atoms with E-state index in [0.29, 0.717) is 0 Å². The summed E-state index contributed by atoms with van der Waals surface area (Å²) in [6.07, 6.45) is 6.11. The van der Waals surface area contributed by atoms with Crippen LogP contribution < -0.4 is 0 Å². The Morgan fingerprint density at radius 3 is 2.38 bits per heavy atom. The molecule has 2 aliphatic carbocycles. The lowest BCUT2D eigenvalue weighted by Crippen LogP contribution is -2.41. The number of methoxy groups -OCH3 is 1. The minimum absolute atomic E-state index is 0.0533. The van der Waals surface area contributed by atoms with Crippen LogP contribution in [-0.4, -0.2) is 31.4 Å². The molecule has 0 aromatic rings. The van der Waals surface area contributed by atoms with Crippen LogP contribution in [0.2, 0.25) is 0 Å². The van der Waals surface area contributed by atoms with Crippen molar-refractivity contribution in [2.24, 2.45) is 11.3 Å². The zero-order chi connectivity index (χ0) is 15.5. The minimum Gasteiger partial charge on any atom is -0.469 e. The van der Waals surface area contributed by atoms with Crippen LogP contribution in [0, 0.1) is 11.3 Å². The van der Waals surface area contributed by atoms with Crippen molar-refractivity contribution >= 4 is 13.1 Å². The van der Waals surface area contributed by atoms with Crippen LogP contribution in [0.3, 0.4) is 0 Å². The Hall–Kier alpha value is -0.805. The van der Waals surface area contributed by atoms with E-state index in [2.05, 4.69) is 33.8 Å². The summed E-state index contributed by atoms with van der Waals surface area (Å²) in [4.78, 5) is 11.7. The molecule has 0 aromatic carbocycles. The van der Waals surface area contributed by atoms with Gasteiger partial charge in [0.2, 0.25) is 0 Å². The van der Waals surface area contributed by atoms with Crippen molar-refractivity contribution < 1.29 is 18.8 Å². The van der Waals surface area contributed by atoms with E-state index in [0.717, 1.165) is 25.7 Å². The van der Waals surface area contributed by atoms with E-state index in [1.807, 2.05) is 0 Å². The van der Waals surface area contributed by atoms with Gasteiger partial charge in [-0.3, -0.25) is 4.79 Å². The first-order chi connectivity index (χ1) is 9.71. The summed E-state index contributed by atoms with van der Waals surface area (Å²) in [5, 5.41) is 0. The standard InChI is InChI=1S/C16H25BO4/c1-14(2)15(3,4)21-17(20-14)11-6-8-16(9-7-11)10-12(16)13(18)19-5/h6,12H,7-10H2,1-5H3. The van der Waals surface area contributed by atoms with Crippen LogP contribution >= 0.6 is 0 Å². The van der Waals surface area contributed by atoms with Gasteiger partial charge < -0.3 is 14.0 Å². The van der Waals surface area contributed by atoms with Gasteiger partial charge in [-0.25, -0.2) is 0 Å². The van der Waals surface area contributed by atoms with E-state index in [9.17, 15) is 4.79 Å². The Bertz CT molecular complexity index is 481. The molecule has 1 saturated heterocycles. The summed E-state index contributed by atoms with van der Waals surface area (Å²) in [6.45, 7) is 8.30. The highest BCUT2D eigenvalue weighted by Gasteiger charge is 2.60. The molecule has 1 heterocycles. The second-order valence-electron chi connectivity index (χ2n) is 7.71. The largest absolute Gasteiger partial charge is 0.490 e. The molecule has 3 aliphatic rings. The molecular formula is C16H25BO4. The molecule has 116 valence electrons. The summed E-state index contributed by atoms with van der Waals surface area (Å²) < 4.78 is 17.1. The minimum atomic E-state index is -0.290. The number of ether oxygens (including phenoxy) is 1. The molecule has 2 unspecified atom stereocenters. The Morgan fingerprint density at radius 1 is 1.29 bits per heavy atom. The average Bonchev–Trinajstić information content (AvgIpc) is 3.05. The molecule has 1 aliphatic heterocycles. The summed E-state index contributed by atoms with van der Waals surface area (Å²) in [6, 6.07) is 0. The van der Waals surface area contributed by atoms with E-state index in [-0.39, 0.29) is 35.6 Å². The number of allylic oxidation sites excluding steroid dienone is 2. The predicted molar refractivity (Wildman–Crippen MR) is 80.6 cm³/mol. The zero-order valence-electron chi connectivity index (χ0n) is 13.7. The second kappa shape index (κ2) is 4.59. The monoisotopic (exact) mass is 292 g/mol. The molecule has 0 aromatic heterocycles. The van der Waals surface area contributed by atoms with Gasteiger partial charge in [-0.05, 0) is 64.3 Å². The van der Waals surface area contributed by atoms with E-state index in [1.54, 1.807) is 0 Å². The molecule has 2 fully saturated rings. The van der Waals surface area contributed by atoms with Crippen molar-refractivity contribution in [1.82, 2.24) is 0 Å². The number of hydrogen-bond acceptors (Lipinski definition) is 4. The zero-order valence-corrected chi connectivity index (χ0v) is 13.7. The lowest BCUT2D eigenvalue weighted by atomic mass is 9.69. The van der Waals surface area contributed by atoms with Crippen molar-refractivity contribution in [3.05, 3.63) is 11.5 Å². The fourth-order valence-electron chi connectivity index (χ4n) is 3.47.